The van der Waals surface area contributed by atoms with Crippen LogP contribution in [0, 0.1) is 22.7 Å². The van der Waals surface area contributed by atoms with Gasteiger partial charge in [-0.15, -0.1) is 0 Å². The average molecular weight is 325 g/mol. The van der Waals surface area contributed by atoms with Crippen LogP contribution < -0.4 is 0 Å². The molecule has 2 rings (SSSR count). The minimum Gasteiger partial charge on any atom is -0.392 e. The Morgan fingerprint density at radius 2 is 1.83 bits per heavy atom. The van der Waals surface area contributed by atoms with Crippen molar-refractivity contribution in [3.63, 3.8) is 0 Å². The maximum atomic E-state index is 11.8. The van der Waals surface area contributed by atoms with Gasteiger partial charge in [0.15, 0.2) is 0 Å². The fourth-order valence-corrected chi connectivity index (χ4v) is 5.83. The Kier molecular flexibility index (Phi) is 5.65. The Labute approximate surface area is 141 Å². The van der Waals surface area contributed by atoms with E-state index in [0.717, 1.165) is 18.4 Å². The second kappa shape index (κ2) is 6.85. The van der Waals surface area contributed by atoms with Crippen molar-refractivity contribution in [2.45, 2.75) is 78.2 Å². The molecule has 3 nitrogen and oxygen atoms in total. The molecule has 0 spiro atoms. The minimum absolute atomic E-state index is 0.0311. The van der Waals surface area contributed by atoms with Gasteiger partial charge in [-0.2, -0.15) is 0 Å². The summed E-state index contributed by atoms with van der Waals surface area (Å²) in [6.45, 7) is 9.17. The fourth-order valence-electron chi connectivity index (χ4n) is 5.83. The smallest absolute Gasteiger partial charge is 0.0732 e. The highest BCUT2D eigenvalue weighted by Gasteiger charge is 2.60. The molecule has 3 N–H and O–H groups in total. The highest BCUT2D eigenvalue weighted by Crippen LogP contribution is 2.63. The highest BCUT2D eigenvalue weighted by molar-refractivity contribution is 5.13. The molecule has 0 radical (unpaired) electrons. The lowest BCUT2D eigenvalue weighted by molar-refractivity contribution is -0.211. The van der Waals surface area contributed by atoms with E-state index in [2.05, 4.69) is 27.7 Å². The Balaban J connectivity index is 2.27. The minimum atomic E-state index is -0.683. The van der Waals surface area contributed by atoms with Crippen molar-refractivity contribution in [3.8, 4) is 0 Å². The molecule has 2 saturated carbocycles. The van der Waals surface area contributed by atoms with Gasteiger partial charge in [0.25, 0.3) is 0 Å². The molecule has 0 aromatic rings. The maximum Gasteiger partial charge on any atom is 0.0732 e. The van der Waals surface area contributed by atoms with E-state index in [1.165, 1.54) is 19.3 Å². The summed E-state index contributed by atoms with van der Waals surface area (Å²) in [5, 5.41) is 30.3. The van der Waals surface area contributed by atoms with Gasteiger partial charge in [0.2, 0.25) is 0 Å². The quantitative estimate of drug-likeness (QED) is 0.676. The van der Waals surface area contributed by atoms with Crippen LogP contribution in [-0.2, 0) is 0 Å². The second-order valence-corrected chi connectivity index (χ2v) is 8.92. The number of hydrogen-bond acceptors (Lipinski definition) is 3. The van der Waals surface area contributed by atoms with Gasteiger partial charge in [0, 0.05) is 0 Å². The molecule has 134 valence electrons. The van der Waals surface area contributed by atoms with Crippen LogP contribution >= 0.6 is 0 Å². The van der Waals surface area contributed by atoms with Crippen molar-refractivity contribution in [3.05, 3.63) is 11.6 Å². The summed E-state index contributed by atoms with van der Waals surface area (Å²) < 4.78 is 0. The van der Waals surface area contributed by atoms with Gasteiger partial charge in [-0.25, -0.2) is 0 Å². The molecular formula is C20H36O3. The molecule has 0 amide bonds. The van der Waals surface area contributed by atoms with Crippen LogP contribution in [-0.4, -0.2) is 34.1 Å². The Morgan fingerprint density at radius 1 is 1.13 bits per heavy atom. The van der Waals surface area contributed by atoms with Crippen molar-refractivity contribution >= 4 is 0 Å². The van der Waals surface area contributed by atoms with Crippen LogP contribution in [0.4, 0.5) is 0 Å². The van der Waals surface area contributed by atoms with E-state index in [0.29, 0.717) is 24.2 Å². The van der Waals surface area contributed by atoms with Gasteiger partial charge < -0.3 is 15.3 Å². The molecule has 2 aliphatic carbocycles. The molecule has 0 heterocycles. The Morgan fingerprint density at radius 3 is 2.43 bits per heavy atom. The highest BCUT2D eigenvalue weighted by atomic mass is 16.3. The number of rotatable bonds is 5. The van der Waals surface area contributed by atoms with Crippen LogP contribution in [0.3, 0.4) is 0 Å². The van der Waals surface area contributed by atoms with E-state index >= 15 is 0 Å². The first-order chi connectivity index (χ1) is 10.7. The third-order valence-corrected chi connectivity index (χ3v) is 7.33. The summed E-state index contributed by atoms with van der Waals surface area (Å²) in [4.78, 5) is 0. The first-order valence-corrected chi connectivity index (χ1v) is 9.33. The monoisotopic (exact) mass is 324 g/mol. The van der Waals surface area contributed by atoms with Crippen molar-refractivity contribution < 1.29 is 15.3 Å². The van der Waals surface area contributed by atoms with E-state index in [4.69, 9.17) is 5.11 Å². The third-order valence-electron chi connectivity index (χ3n) is 7.33. The summed E-state index contributed by atoms with van der Waals surface area (Å²) in [7, 11) is 0. The van der Waals surface area contributed by atoms with Crippen molar-refractivity contribution in [2.24, 2.45) is 22.7 Å². The second-order valence-electron chi connectivity index (χ2n) is 8.92. The van der Waals surface area contributed by atoms with Gasteiger partial charge in [0.1, 0.15) is 0 Å². The summed E-state index contributed by atoms with van der Waals surface area (Å²) in [5.74, 6) is 0.844. The van der Waals surface area contributed by atoms with Crippen LogP contribution in [0.2, 0.25) is 0 Å². The molecule has 23 heavy (non-hydrogen) atoms. The molecule has 0 saturated heterocycles. The van der Waals surface area contributed by atoms with E-state index < -0.39 is 5.60 Å². The molecule has 0 bridgehead atoms. The van der Waals surface area contributed by atoms with Gasteiger partial charge in [-0.3, -0.25) is 0 Å². The molecule has 4 atom stereocenters. The average Bonchev–Trinajstić information content (AvgIpc) is 2.48. The molecule has 0 aliphatic heterocycles. The third kappa shape index (κ3) is 3.25. The topological polar surface area (TPSA) is 60.7 Å². The number of fused-ring (bicyclic) bond motifs is 1. The van der Waals surface area contributed by atoms with Crippen LogP contribution in [0.5, 0.6) is 0 Å². The Bertz CT molecular complexity index is 442. The standard InChI is InChI=1S/C20H36O3/c1-15-6-7-17-18(2,3)10-5-11-19(17,4)20(15,23)12-8-16(14-22)9-13-21/h9,15,17,21-23H,5-8,10-14H2,1-4H3/b16-9-/t15-,17?,19-,20?/m1/s1. The number of hydrogen-bond donors (Lipinski definition) is 3. The summed E-state index contributed by atoms with van der Waals surface area (Å²) in [6, 6.07) is 0. The molecule has 2 unspecified atom stereocenters. The first kappa shape index (κ1) is 19.0. The molecule has 2 aliphatic rings. The van der Waals surface area contributed by atoms with E-state index in [9.17, 15) is 10.2 Å². The first-order valence-electron chi connectivity index (χ1n) is 9.33. The van der Waals surface area contributed by atoms with Gasteiger partial charge in [-0.05, 0) is 66.8 Å². The summed E-state index contributed by atoms with van der Waals surface area (Å²) in [6.07, 6.45) is 8.87. The molecule has 3 heteroatoms. The molecule has 2 fully saturated rings. The van der Waals surface area contributed by atoms with E-state index in [-0.39, 0.29) is 24.5 Å². The molecule has 0 aromatic heterocycles. The summed E-state index contributed by atoms with van der Waals surface area (Å²) in [5.41, 5.74) is 0.402. The van der Waals surface area contributed by atoms with E-state index in [1.807, 2.05) is 0 Å². The number of aliphatic hydroxyl groups excluding tert-OH is 2. The lowest BCUT2D eigenvalue weighted by Gasteiger charge is -2.63. The van der Waals surface area contributed by atoms with Crippen LogP contribution in [0.1, 0.15) is 72.6 Å². The van der Waals surface area contributed by atoms with Gasteiger partial charge in [0.05, 0.1) is 18.8 Å². The fraction of sp³-hybridized carbons (Fsp3) is 0.900. The zero-order chi connectivity index (χ0) is 17.3. The number of aliphatic hydroxyl groups is 3. The van der Waals surface area contributed by atoms with Gasteiger partial charge >= 0.3 is 0 Å². The predicted octanol–water partition coefficient (Wildman–Crippen LogP) is 3.67. The lowest BCUT2D eigenvalue weighted by Crippen LogP contribution is -2.62. The SMILES string of the molecule is C[C@@H]1CCC2C(C)(C)CCC[C@@]2(C)C1(O)CC/C(=C/CO)CO. The van der Waals surface area contributed by atoms with Crippen LogP contribution in [0.15, 0.2) is 11.6 Å². The molecular weight excluding hydrogens is 288 g/mol. The molecule has 0 aromatic carbocycles. The van der Waals surface area contributed by atoms with Crippen LogP contribution in [0.25, 0.3) is 0 Å². The summed E-state index contributed by atoms with van der Waals surface area (Å²) >= 11 is 0. The van der Waals surface area contributed by atoms with Crippen molar-refractivity contribution in [1.29, 1.82) is 0 Å². The predicted molar refractivity (Wildman–Crippen MR) is 94.1 cm³/mol. The largest absolute Gasteiger partial charge is 0.392 e. The zero-order valence-corrected chi connectivity index (χ0v) is 15.4. The maximum absolute atomic E-state index is 11.8. The zero-order valence-electron chi connectivity index (χ0n) is 15.4. The Hall–Kier alpha value is -0.380. The lowest BCUT2D eigenvalue weighted by atomic mass is 9.44. The van der Waals surface area contributed by atoms with Crippen molar-refractivity contribution in [2.75, 3.05) is 13.2 Å². The van der Waals surface area contributed by atoms with Gasteiger partial charge in [-0.1, -0.05) is 40.2 Å². The normalized spacial score (nSPS) is 40.7. The van der Waals surface area contributed by atoms with Crippen molar-refractivity contribution in [1.82, 2.24) is 0 Å². The van der Waals surface area contributed by atoms with E-state index in [1.54, 1.807) is 6.08 Å².